The number of pyridine rings is 1. The van der Waals surface area contributed by atoms with Gasteiger partial charge in [0.1, 0.15) is 0 Å². The monoisotopic (exact) mass is 282 g/mol. The zero-order chi connectivity index (χ0) is 13.9. The zero-order valence-electron chi connectivity index (χ0n) is 10.1. The molecule has 0 unspecified atom stereocenters. The fourth-order valence-electron chi connectivity index (χ4n) is 1.67. The number of nitrogens with zero attached hydrogens (tertiary/aromatic N) is 6. The second-order valence-electron chi connectivity index (χ2n) is 3.96. The van der Waals surface area contributed by atoms with Crippen LogP contribution < -0.4 is 0 Å². The Hall–Kier alpha value is -2.78. The van der Waals surface area contributed by atoms with Crippen LogP contribution >= 0.6 is 11.6 Å². The van der Waals surface area contributed by atoms with Crippen LogP contribution in [0.1, 0.15) is 5.56 Å². The molecule has 0 atom stereocenters. The van der Waals surface area contributed by atoms with Crippen LogP contribution in [0.2, 0.25) is 5.02 Å². The van der Waals surface area contributed by atoms with E-state index in [1.807, 2.05) is 0 Å². The highest BCUT2D eigenvalue weighted by Gasteiger charge is 2.08. The summed E-state index contributed by atoms with van der Waals surface area (Å²) in [5.74, 6) is 0.419. The molecular formula is C13H7ClN6. The molecule has 6 nitrogen and oxygen atoms in total. The van der Waals surface area contributed by atoms with Crippen molar-refractivity contribution in [3.8, 4) is 23.1 Å². The molecule has 0 spiro atoms. The van der Waals surface area contributed by atoms with Gasteiger partial charge in [0.05, 0.1) is 22.3 Å². The topological polar surface area (TPSA) is 80.3 Å². The number of tetrazole rings is 1. The Labute approximate surface area is 119 Å². The Balaban J connectivity index is 2.00. The van der Waals surface area contributed by atoms with Crippen molar-refractivity contribution in [2.24, 2.45) is 0 Å². The van der Waals surface area contributed by atoms with E-state index in [1.54, 1.807) is 36.5 Å². The average molecular weight is 283 g/mol. The zero-order valence-corrected chi connectivity index (χ0v) is 10.9. The summed E-state index contributed by atoms with van der Waals surface area (Å²) in [5.41, 5.74) is 1.88. The molecule has 2 aromatic heterocycles. The molecule has 7 heteroatoms. The van der Waals surface area contributed by atoms with Gasteiger partial charge >= 0.3 is 0 Å². The summed E-state index contributed by atoms with van der Waals surface area (Å²) in [6, 6.07) is 10.7. The summed E-state index contributed by atoms with van der Waals surface area (Å²) in [7, 11) is 0. The number of benzene rings is 1. The molecule has 3 aromatic rings. The predicted octanol–water partition coefficient (Wildman–Crippen LogP) is 2.25. The predicted molar refractivity (Wildman–Crippen MR) is 72.1 cm³/mol. The van der Waals surface area contributed by atoms with Crippen LogP contribution in [0.5, 0.6) is 0 Å². The highest BCUT2D eigenvalue weighted by Crippen LogP contribution is 2.17. The van der Waals surface area contributed by atoms with Crippen molar-refractivity contribution in [1.82, 2.24) is 25.2 Å². The molecule has 0 bridgehead atoms. The van der Waals surface area contributed by atoms with Crippen LogP contribution in [-0.4, -0.2) is 25.2 Å². The van der Waals surface area contributed by atoms with E-state index in [0.29, 0.717) is 27.7 Å². The average Bonchev–Trinajstić information content (AvgIpc) is 2.97. The summed E-state index contributed by atoms with van der Waals surface area (Å²) in [6.45, 7) is 0. The first-order valence-corrected chi connectivity index (χ1v) is 6.05. The molecule has 96 valence electrons. The summed E-state index contributed by atoms with van der Waals surface area (Å²) >= 11 is 5.88. The smallest absolute Gasteiger partial charge is 0.206 e. The van der Waals surface area contributed by atoms with Crippen molar-refractivity contribution in [2.45, 2.75) is 0 Å². The van der Waals surface area contributed by atoms with E-state index < -0.39 is 0 Å². The van der Waals surface area contributed by atoms with Gasteiger partial charge in [-0.05, 0) is 29.5 Å². The van der Waals surface area contributed by atoms with Crippen LogP contribution in [0.25, 0.3) is 17.1 Å². The molecule has 0 saturated carbocycles. The van der Waals surface area contributed by atoms with Gasteiger partial charge in [-0.3, -0.25) is 4.98 Å². The lowest BCUT2D eigenvalue weighted by Crippen LogP contribution is -1.99. The Bertz CT molecular complexity index is 804. The molecule has 2 heterocycles. The third-order valence-electron chi connectivity index (χ3n) is 2.58. The molecule has 0 saturated heterocycles. The second-order valence-corrected chi connectivity index (χ2v) is 4.39. The Morgan fingerprint density at radius 2 is 2.10 bits per heavy atom. The highest BCUT2D eigenvalue weighted by molar-refractivity contribution is 6.30. The lowest BCUT2D eigenvalue weighted by atomic mass is 10.2. The maximum Gasteiger partial charge on any atom is 0.206 e. The van der Waals surface area contributed by atoms with Gasteiger partial charge in [0, 0.05) is 18.0 Å². The lowest BCUT2D eigenvalue weighted by Gasteiger charge is -1.98. The standard InChI is InChI=1S/C13H7ClN6/c14-11-5-10(7-16-8-11)13-17-19-20(18-13)12-3-1-2-9(4-12)6-15/h1-5,7-8H. The van der Waals surface area contributed by atoms with Gasteiger partial charge in [0.25, 0.3) is 0 Å². The molecular weight excluding hydrogens is 276 g/mol. The number of aromatic nitrogens is 5. The number of rotatable bonds is 2. The van der Waals surface area contributed by atoms with Crippen LogP contribution in [0, 0.1) is 11.3 Å². The third kappa shape index (κ3) is 2.35. The van der Waals surface area contributed by atoms with Crippen molar-refractivity contribution in [3.63, 3.8) is 0 Å². The van der Waals surface area contributed by atoms with Crippen molar-refractivity contribution in [1.29, 1.82) is 5.26 Å². The first kappa shape index (κ1) is 12.3. The number of halogens is 1. The summed E-state index contributed by atoms with van der Waals surface area (Å²) in [5, 5.41) is 21.6. The highest BCUT2D eigenvalue weighted by atomic mass is 35.5. The van der Waals surface area contributed by atoms with Crippen LogP contribution in [0.15, 0.2) is 42.7 Å². The van der Waals surface area contributed by atoms with Crippen molar-refractivity contribution in [2.75, 3.05) is 0 Å². The first-order chi connectivity index (χ1) is 9.76. The van der Waals surface area contributed by atoms with Crippen molar-refractivity contribution < 1.29 is 0 Å². The van der Waals surface area contributed by atoms with E-state index in [1.165, 1.54) is 11.0 Å². The van der Waals surface area contributed by atoms with E-state index in [0.717, 1.165) is 0 Å². The van der Waals surface area contributed by atoms with Crippen LogP contribution in [-0.2, 0) is 0 Å². The lowest BCUT2D eigenvalue weighted by molar-refractivity contribution is 0.720. The van der Waals surface area contributed by atoms with Crippen molar-refractivity contribution >= 4 is 11.6 Å². The van der Waals surface area contributed by atoms with Gasteiger partial charge in [0.2, 0.25) is 5.82 Å². The van der Waals surface area contributed by atoms with Gasteiger partial charge < -0.3 is 0 Å². The van der Waals surface area contributed by atoms with Gasteiger partial charge in [-0.15, -0.1) is 15.0 Å². The molecule has 3 rings (SSSR count). The van der Waals surface area contributed by atoms with Crippen LogP contribution in [0.4, 0.5) is 0 Å². The maximum atomic E-state index is 8.88. The SMILES string of the molecule is N#Cc1cccc(-n2nnc(-c3cncc(Cl)c3)n2)c1. The molecule has 0 fully saturated rings. The molecule has 0 radical (unpaired) electrons. The molecule has 1 aromatic carbocycles. The first-order valence-electron chi connectivity index (χ1n) is 5.68. The van der Waals surface area contributed by atoms with Gasteiger partial charge in [0.15, 0.2) is 0 Å². The van der Waals surface area contributed by atoms with E-state index in [4.69, 9.17) is 16.9 Å². The Kier molecular flexibility index (Phi) is 3.11. The minimum absolute atomic E-state index is 0.419. The normalized spacial score (nSPS) is 10.2. The quantitative estimate of drug-likeness (QED) is 0.720. The van der Waals surface area contributed by atoms with Crippen LogP contribution in [0.3, 0.4) is 0 Å². The summed E-state index contributed by atoms with van der Waals surface area (Å²) in [6.07, 6.45) is 3.14. The maximum absolute atomic E-state index is 8.88. The Morgan fingerprint density at radius 1 is 1.20 bits per heavy atom. The van der Waals surface area contributed by atoms with E-state index in [-0.39, 0.29) is 0 Å². The molecule has 0 aliphatic rings. The number of hydrogen-bond acceptors (Lipinski definition) is 5. The minimum Gasteiger partial charge on any atom is -0.262 e. The van der Waals surface area contributed by atoms with Gasteiger partial charge in [-0.25, -0.2) is 0 Å². The fourth-order valence-corrected chi connectivity index (χ4v) is 1.85. The molecule has 0 aliphatic heterocycles. The number of nitriles is 1. The fraction of sp³-hybridized carbons (Fsp3) is 0. The summed E-state index contributed by atoms with van der Waals surface area (Å²) < 4.78 is 0. The molecule has 0 amide bonds. The van der Waals surface area contributed by atoms with E-state index in [2.05, 4.69) is 26.5 Å². The van der Waals surface area contributed by atoms with Gasteiger partial charge in [-0.2, -0.15) is 5.26 Å². The Morgan fingerprint density at radius 3 is 2.90 bits per heavy atom. The summed E-state index contributed by atoms with van der Waals surface area (Å²) in [4.78, 5) is 5.34. The second kappa shape index (κ2) is 5.07. The van der Waals surface area contributed by atoms with Crippen molar-refractivity contribution in [3.05, 3.63) is 53.3 Å². The third-order valence-corrected chi connectivity index (χ3v) is 2.79. The molecule has 0 aliphatic carbocycles. The van der Waals surface area contributed by atoms with E-state index in [9.17, 15) is 0 Å². The largest absolute Gasteiger partial charge is 0.262 e. The molecule has 20 heavy (non-hydrogen) atoms. The number of hydrogen-bond donors (Lipinski definition) is 0. The van der Waals surface area contributed by atoms with E-state index >= 15 is 0 Å². The minimum atomic E-state index is 0.419. The van der Waals surface area contributed by atoms with Gasteiger partial charge in [-0.1, -0.05) is 17.7 Å². The molecule has 0 N–H and O–H groups in total.